The van der Waals surface area contributed by atoms with E-state index in [4.69, 9.17) is 21.1 Å². The van der Waals surface area contributed by atoms with Crippen molar-refractivity contribution in [1.29, 1.82) is 0 Å². The summed E-state index contributed by atoms with van der Waals surface area (Å²) in [5.41, 5.74) is 3.47. The predicted molar refractivity (Wildman–Crippen MR) is 145 cm³/mol. The van der Waals surface area contributed by atoms with Gasteiger partial charge in [-0.15, -0.1) is 0 Å². The van der Waals surface area contributed by atoms with Crippen molar-refractivity contribution < 1.29 is 29.0 Å². The highest BCUT2D eigenvalue weighted by molar-refractivity contribution is 6.30. The molecule has 204 valence electrons. The van der Waals surface area contributed by atoms with Gasteiger partial charge in [0.15, 0.2) is 6.10 Å². The van der Waals surface area contributed by atoms with Crippen LogP contribution in [0.15, 0.2) is 36.4 Å². The second-order valence-corrected chi connectivity index (χ2v) is 10.7. The van der Waals surface area contributed by atoms with E-state index in [1.54, 1.807) is 29.2 Å². The number of hydrogen-bond acceptors (Lipinski definition) is 6. The van der Waals surface area contributed by atoms with Crippen molar-refractivity contribution >= 4 is 40.9 Å². The summed E-state index contributed by atoms with van der Waals surface area (Å²) < 4.78 is 10.0. The largest absolute Gasteiger partial charge is 0.469 e. The zero-order valence-corrected chi connectivity index (χ0v) is 22.8. The molecule has 2 aromatic rings. The lowest BCUT2D eigenvalue weighted by Crippen LogP contribution is -2.42. The number of amides is 2. The third kappa shape index (κ3) is 5.97. The molecule has 0 aromatic heterocycles. The predicted octanol–water partition coefficient (Wildman–Crippen LogP) is 5.44. The number of carbonyl (C=O) groups excluding carboxylic acids is 3. The van der Waals surface area contributed by atoms with E-state index >= 15 is 0 Å². The Bertz CT molecular complexity index is 1180. The average molecular weight is 543 g/mol. The molecule has 0 radical (unpaired) electrons. The lowest BCUT2D eigenvalue weighted by Gasteiger charge is -2.36. The summed E-state index contributed by atoms with van der Waals surface area (Å²) in [6.07, 6.45) is 3.58. The fraction of sp³-hybridized carbons (Fsp3) is 0.483. The number of benzene rings is 2. The van der Waals surface area contributed by atoms with Gasteiger partial charge in [0.1, 0.15) is 0 Å². The number of carbonyl (C=O) groups is 3. The van der Waals surface area contributed by atoms with Crippen LogP contribution in [0.2, 0.25) is 5.02 Å². The lowest BCUT2D eigenvalue weighted by atomic mass is 9.78. The normalized spacial score (nSPS) is 21.7. The van der Waals surface area contributed by atoms with Gasteiger partial charge in [0.05, 0.1) is 25.8 Å². The second-order valence-electron chi connectivity index (χ2n) is 10.2. The van der Waals surface area contributed by atoms with Gasteiger partial charge in [-0.25, -0.2) is 4.79 Å². The summed E-state index contributed by atoms with van der Waals surface area (Å²) in [4.78, 5) is 39.7. The van der Waals surface area contributed by atoms with Crippen LogP contribution in [0.1, 0.15) is 61.8 Å². The monoisotopic (exact) mass is 542 g/mol. The fourth-order valence-corrected chi connectivity index (χ4v) is 5.87. The zero-order valence-electron chi connectivity index (χ0n) is 22.0. The number of anilines is 2. The van der Waals surface area contributed by atoms with Crippen LogP contribution in [-0.2, 0) is 31.9 Å². The van der Waals surface area contributed by atoms with Crippen LogP contribution >= 0.6 is 11.6 Å². The van der Waals surface area contributed by atoms with Gasteiger partial charge in [0.25, 0.3) is 5.91 Å². The molecule has 4 atom stereocenters. The average Bonchev–Trinajstić information content (AvgIpc) is 2.93. The first-order valence-electron chi connectivity index (χ1n) is 13.1. The van der Waals surface area contributed by atoms with Crippen molar-refractivity contribution in [2.45, 2.75) is 64.0 Å². The first-order valence-corrected chi connectivity index (χ1v) is 13.4. The Balaban J connectivity index is 1.68. The van der Waals surface area contributed by atoms with Crippen LogP contribution < -0.4 is 10.2 Å². The number of nitrogens with one attached hydrogen (secondary N) is 1. The highest BCUT2D eigenvalue weighted by Gasteiger charge is 2.34. The van der Waals surface area contributed by atoms with Gasteiger partial charge in [-0.2, -0.15) is 0 Å². The van der Waals surface area contributed by atoms with Gasteiger partial charge in [-0.05, 0) is 79.8 Å². The number of ether oxygens (including phenoxy) is 2. The molecule has 2 aliphatic rings. The summed E-state index contributed by atoms with van der Waals surface area (Å²) in [5, 5.41) is 14.3. The lowest BCUT2D eigenvalue weighted by molar-refractivity contribution is -0.147. The maximum absolute atomic E-state index is 13.3. The Morgan fingerprint density at radius 1 is 1.08 bits per heavy atom. The highest BCUT2D eigenvalue weighted by atomic mass is 35.5. The van der Waals surface area contributed by atoms with Gasteiger partial charge < -0.3 is 19.9 Å². The minimum atomic E-state index is -1.39. The van der Waals surface area contributed by atoms with E-state index in [1.165, 1.54) is 14.2 Å². The van der Waals surface area contributed by atoms with E-state index in [-0.39, 0.29) is 23.8 Å². The molecule has 2 amide bonds. The maximum Gasteiger partial charge on any atom is 0.414 e. The highest BCUT2D eigenvalue weighted by Crippen LogP contribution is 2.41. The standard InChI is InChI=1S/C29H35ClN2O6/c1-17-7-13-23-24(32(17)29(36)38-3)14-10-20(15-18-5-4-6-21(16-18)28(35)37-2)25(23)31-27(34)26(33)19-8-11-22(30)12-9-19/h8-12,14,17-18,21,26,33H,4-7,13,15-16H2,1-3H3,(H,31,34)/t17-,18-,21+,26+/m0/s1. The van der Waals surface area contributed by atoms with Crippen LogP contribution in [0, 0.1) is 11.8 Å². The molecule has 1 heterocycles. The van der Waals surface area contributed by atoms with Crippen molar-refractivity contribution in [2.75, 3.05) is 24.4 Å². The summed E-state index contributed by atoms with van der Waals surface area (Å²) in [6.45, 7) is 1.96. The topological polar surface area (TPSA) is 105 Å². The van der Waals surface area contributed by atoms with E-state index in [0.717, 1.165) is 36.8 Å². The zero-order chi connectivity index (χ0) is 27.4. The van der Waals surface area contributed by atoms with Crippen molar-refractivity contribution in [2.24, 2.45) is 11.8 Å². The summed E-state index contributed by atoms with van der Waals surface area (Å²) >= 11 is 5.97. The number of rotatable bonds is 6. The number of aliphatic hydroxyl groups excluding tert-OH is 1. The van der Waals surface area contributed by atoms with E-state index in [0.29, 0.717) is 41.2 Å². The van der Waals surface area contributed by atoms with Crippen molar-refractivity contribution in [3.63, 3.8) is 0 Å². The first kappa shape index (κ1) is 27.9. The minimum Gasteiger partial charge on any atom is -0.469 e. The van der Waals surface area contributed by atoms with E-state index in [9.17, 15) is 19.5 Å². The Labute approximate surface area is 228 Å². The van der Waals surface area contributed by atoms with Crippen LogP contribution in [0.4, 0.5) is 16.2 Å². The molecule has 1 aliphatic heterocycles. The van der Waals surface area contributed by atoms with Crippen LogP contribution in [0.5, 0.6) is 0 Å². The van der Waals surface area contributed by atoms with Crippen molar-refractivity contribution in [3.8, 4) is 0 Å². The fourth-order valence-electron chi connectivity index (χ4n) is 5.74. The molecule has 1 fully saturated rings. The number of halogens is 1. The maximum atomic E-state index is 13.3. The number of aliphatic hydroxyl groups is 1. The molecular formula is C29H35ClN2O6. The Morgan fingerprint density at radius 2 is 1.82 bits per heavy atom. The van der Waals surface area contributed by atoms with Gasteiger partial charge in [0.2, 0.25) is 0 Å². The van der Waals surface area contributed by atoms with Gasteiger partial charge in [0, 0.05) is 16.8 Å². The molecule has 0 spiro atoms. The van der Waals surface area contributed by atoms with Gasteiger partial charge >= 0.3 is 12.1 Å². The smallest absolute Gasteiger partial charge is 0.414 e. The molecule has 4 rings (SSSR count). The van der Waals surface area contributed by atoms with Gasteiger partial charge in [-0.1, -0.05) is 42.6 Å². The van der Waals surface area contributed by atoms with Crippen LogP contribution in [0.3, 0.4) is 0 Å². The van der Waals surface area contributed by atoms with Gasteiger partial charge in [-0.3, -0.25) is 14.5 Å². The number of methoxy groups -OCH3 is 2. The van der Waals surface area contributed by atoms with E-state index in [1.807, 2.05) is 19.1 Å². The third-order valence-corrected chi connectivity index (χ3v) is 8.02. The molecular weight excluding hydrogens is 508 g/mol. The SMILES string of the molecule is COC(=O)[C@@H]1CCC[C@@H](Cc2ccc3c(c2NC(=O)[C@H](O)c2ccc(Cl)cc2)CC[C@H](C)N3C(=O)OC)C1. The molecule has 38 heavy (non-hydrogen) atoms. The van der Waals surface area contributed by atoms with E-state index in [2.05, 4.69) is 5.32 Å². The molecule has 2 aromatic carbocycles. The molecule has 9 heteroatoms. The Morgan fingerprint density at radius 3 is 2.50 bits per heavy atom. The second kappa shape index (κ2) is 12.2. The van der Waals surface area contributed by atoms with Crippen LogP contribution in [-0.4, -0.2) is 43.3 Å². The molecule has 2 N–H and O–H groups in total. The molecule has 1 saturated carbocycles. The molecule has 0 saturated heterocycles. The Hall–Kier alpha value is -3.10. The quantitative estimate of drug-likeness (QED) is 0.471. The number of hydrogen-bond donors (Lipinski definition) is 2. The summed E-state index contributed by atoms with van der Waals surface area (Å²) in [5.74, 6) is -0.637. The van der Waals surface area contributed by atoms with E-state index < -0.39 is 18.1 Å². The summed E-state index contributed by atoms with van der Waals surface area (Å²) in [6, 6.07) is 10.2. The molecule has 0 bridgehead atoms. The minimum absolute atomic E-state index is 0.0665. The molecule has 1 aliphatic carbocycles. The summed E-state index contributed by atoms with van der Waals surface area (Å²) in [7, 11) is 2.77. The van der Waals surface area contributed by atoms with Crippen LogP contribution in [0.25, 0.3) is 0 Å². The van der Waals surface area contributed by atoms with Crippen molar-refractivity contribution in [1.82, 2.24) is 0 Å². The Kier molecular flexibility index (Phi) is 8.95. The first-order chi connectivity index (χ1) is 18.2. The third-order valence-electron chi connectivity index (χ3n) is 7.77. The number of nitrogens with zero attached hydrogens (tertiary/aromatic N) is 1. The molecule has 8 nitrogen and oxygen atoms in total. The number of esters is 1. The number of fused-ring (bicyclic) bond motifs is 1. The van der Waals surface area contributed by atoms with Crippen molar-refractivity contribution in [3.05, 3.63) is 58.1 Å². The molecule has 0 unspecified atom stereocenters.